The maximum Gasteiger partial charge on any atom is 0.251 e. The van der Waals surface area contributed by atoms with Crippen molar-refractivity contribution < 1.29 is 22.7 Å². The number of carbonyl (C=O) groups is 2. The summed E-state index contributed by atoms with van der Waals surface area (Å²) >= 11 is 0. The van der Waals surface area contributed by atoms with Crippen LogP contribution in [0.5, 0.6) is 5.75 Å². The second-order valence-electron chi connectivity index (χ2n) is 6.80. The lowest BCUT2D eigenvalue weighted by molar-refractivity contribution is -0.127. The molecule has 0 unspecified atom stereocenters. The van der Waals surface area contributed by atoms with E-state index < -0.39 is 15.9 Å². The van der Waals surface area contributed by atoms with E-state index in [9.17, 15) is 18.0 Å². The molecule has 8 nitrogen and oxygen atoms in total. The Kier molecular flexibility index (Phi) is 6.83. The van der Waals surface area contributed by atoms with Crippen LogP contribution in [0, 0.1) is 0 Å². The Morgan fingerprint density at radius 1 is 1.30 bits per heavy atom. The summed E-state index contributed by atoms with van der Waals surface area (Å²) < 4.78 is 33.0. The molecule has 1 aliphatic heterocycles. The summed E-state index contributed by atoms with van der Waals surface area (Å²) in [5.41, 5.74) is 0.158. The van der Waals surface area contributed by atoms with Crippen LogP contribution in [0.2, 0.25) is 0 Å². The molecule has 1 aliphatic rings. The van der Waals surface area contributed by atoms with Gasteiger partial charge < -0.3 is 15.0 Å². The number of nitrogens with zero attached hydrogens (tertiary/aromatic N) is 2. The molecule has 0 bridgehead atoms. The smallest absolute Gasteiger partial charge is 0.251 e. The number of amides is 2. The van der Waals surface area contributed by atoms with Gasteiger partial charge in [0.2, 0.25) is 15.9 Å². The predicted molar refractivity (Wildman–Crippen MR) is 101 cm³/mol. The Morgan fingerprint density at radius 2 is 2.00 bits per heavy atom. The van der Waals surface area contributed by atoms with Crippen molar-refractivity contribution in [3.8, 4) is 5.75 Å². The lowest BCUT2D eigenvalue weighted by Crippen LogP contribution is -2.42. The molecular formula is C18H27N3O5S. The highest BCUT2D eigenvalue weighted by atomic mass is 32.2. The van der Waals surface area contributed by atoms with Gasteiger partial charge in [0.1, 0.15) is 10.6 Å². The van der Waals surface area contributed by atoms with Crippen LogP contribution in [-0.2, 0) is 14.8 Å². The van der Waals surface area contributed by atoms with Crippen molar-refractivity contribution >= 4 is 21.8 Å². The van der Waals surface area contributed by atoms with Crippen LogP contribution in [0.15, 0.2) is 23.1 Å². The van der Waals surface area contributed by atoms with E-state index >= 15 is 0 Å². The van der Waals surface area contributed by atoms with Crippen LogP contribution in [0.25, 0.3) is 0 Å². The molecule has 1 saturated heterocycles. The Hall–Kier alpha value is -2.13. The van der Waals surface area contributed by atoms with Crippen molar-refractivity contribution in [2.24, 2.45) is 0 Å². The first kappa shape index (κ1) is 21.2. The zero-order valence-electron chi connectivity index (χ0n) is 16.2. The van der Waals surface area contributed by atoms with Gasteiger partial charge in [0.25, 0.3) is 5.91 Å². The molecule has 1 fully saturated rings. The van der Waals surface area contributed by atoms with Gasteiger partial charge in [0.05, 0.1) is 13.7 Å². The normalized spacial score (nSPS) is 18.0. The van der Waals surface area contributed by atoms with Crippen LogP contribution in [-0.4, -0.2) is 69.8 Å². The van der Waals surface area contributed by atoms with E-state index in [1.54, 1.807) is 14.1 Å². The van der Waals surface area contributed by atoms with Crippen molar-refractivity contribution in [1.82, 2.24) is 14.5 Å². The van der Waals surface area contributed by atoms with Gasteiger partial charge in [-0.25, -0.2) is 8.42 Å². The first-order valence-electron chi connectivity index (χ1n) is 8.86. The lowest BCUT2D eigenvalue weighted by atomic mass is 10.1. The number of sulfonamides is 1. The maximum atomic E-state index is 13.2. The highest BCUT2D eigenvalue weighted by Crippen LogP contribution is 2.31. The first-order valence-corrected chi connectivity index (χ1v) is 10.3. The van der Waals surface area contributed by atoms with Crippen LogP contribution >= 0.6 is 0 Å². The van der Waals surface area contributed by atoms with E-state index in [1.807, 2.05) is 6.92 Å². The lowest BCUT2D eigenvalue weighted by Gasteiger charge is -2.32. The summed E-state index contributed by atoms with van der Waals surface area (Å²) in [6.45, 7) is 2.16. The molecule has 150 valence electrons. The Morgan fingerprint density at radius 3 is 2.59 bits per heavy atom. The van der Waals surface area contributed by atoms with Gasteiger partial charge in [-0.1, -0.05) is 6.42 Å². The summed E-state index contributed by atoms with van der Waals surface area (Å²) in [5, 5.41) is 2.51. The van der Waals surface area contributed by atoms with Crippen LogP contribution < -0.4 is 10.1 Å². The number of ether oxygens (including phenoxy) is 1. The number of rotatable bonds is 6. The highest BCUT2D eigenvalue weighted by Gasteiger charge is 2.33. The molecule has 1 atom stereocenters. The predicted octanol–water partition coefficient (Wildman–Crippen LogP) is 1.08. The molecule has 0 aromatic heterocycles. The molecule has 2 amide bonds. The molecule has 1 heterocycles. The van der Waals surface area contributed by atoms with E-state index in [1.165, 1.54) is 34.5 Å². The summed E-state index contributed by atoms with van der Waals surface area (Å²) in [5.74, 6) is -0.587. The third kappa shape index (κ3) is 4.78. The van der Waals surface area contributed by atoms with Gasteiger partial charge >= 0.3 is 0 Å². The minimum atomic E-state index is -3.80. The minimum absolute atomic E-state index is 0.0367. The summed E-state index contributed by atoms with van der Waals surface area (Å²) in [6.07, 6.45) is 2.60. The molecular weight excluding hydrogens is 370 g/mol. The molecule has 0 saturated carbocycles. The van der Waals surface area contributed by atoms with Gasteiger partial charge in [-0.3, -0.25) is 9.59 Å². The average Bonchev–Trinajstić information content (AvgIpc) is 2.65. The fourth-order valence-corrected chi connectivity index (χ4v) is 4.87. The fourth-order valence-electron chi connectivity index (χ4n) is 2.99. The number of hydrogen-bond donors (Lipinski definition) is 1. The van der Waals surface area contributed by atoms with E-state index in [0.717, 1.165) is 19.3 Å². The first-order chi connectivity index (χ1) is 12.7. The second kappa shape index (κ2) is 8.71. The van der Waals surface area contributed by atoms with Gasteiger partial charge in [-0.05, 0) is 38.0 Å². The molecule has 27 heavy (non-hydrogen) atoms. The van der Waals surface area contributed by atoms with Crippen LogP contribution in [0.3, 0.4) is 0 Å². The van der Waals surface area contributed by atoms with E-state index in [-0.39, 0.29) is 34.7 Å². The average molecular weight is 397 g/mol. The summed E-state index contributed by atoms with van der Waals surface area (Å²) in [7, 11) is 0.770. The topological polar surface area (TPSA) is 96.0 Å². The molecule has 1 aromatic carbocycles. The van der Waals surface area contributed by atoms with E-state index in [0.29, 0.717) is 6.54 Å². The van der Waals surface area contributed by atoms with Crippen LogP contribution in [0.4, 0.5) is 0 Å². The Labute approximate surface area is 160 Å². The number of likely N-dealkylation sites (N-methyl/N-ethyl adjacent to an activating group) is 1. The highest BCUT2D eigenvalue weighted by molar-refractivity contribution is 7.89. The van der Waals surface area contributed by atoms with E-state index in [4.69, 9.17) is 4.74 Å². The zero-order valence-corrected chi connectivity index (χ0v) is 17.0. The van der Waals surface area contributed by atoms with Crippen LogP contribution in [0.1, 0.15) is 36.5 Å². The van der Waals surface area contributed by atoms with Crippen molar-refractivity contribution in [3.05, 3.63) is 23.8 Å². The summed E-state index contributed by atoms with van der Waals surface area (Å²) in [6, 6.07) is 4.14. The number of piperidine rings is 1. The number of methoxy groups -OCH3 is 1. The number of nitrogens with one attached hydrogen (secondary N) is 1. The SMILES string of the molecule is COc1ccc(C(=O)NCC(=O)N(C)C)cc1S(=O)(=O)N1CCCC[C@H]1C. The van der Waals surface area contributed by atoms with Crippen molar-refractivity contribution in [1.29, 1.82) is 0 Å². The minimum Gasteiger partial charge on any atom is -0.495 e. The van der Waals surface area contributed by atoms with Gasteiger partial charge in [-0.2, -0.15) is 4.31 Å². The Bertz CT molecular complexity index is 807. The molecule has 0 spiro atoms. The largest absolute Gasteiger partial charge is 0.495 e. The monoisotopic (exact) mass is 397 g/mol. The third-order valence-corrected chi connectivity index (χ3v) is 6.69. The van der Waals surface area contributed by atoms with Gasteiger partial charge in [0.15, 0.2) is 0 Å². The summed E-state index contributed by atoms with van der Waals surface area (Å²) in [4.78, 5) is 25.3. The van der Waals surface area contributed by atoms with Gasteiger partial charge in [-0.15, -0.1) is 0 Å². The number of benzene rings is 1. The molecule has 0 radical (unpaired) electrons. The number of hydrogen-bond acceptors (Lipinski definition) is 5. The maximum absolute atomic E-state index is 13.2. The standard InChI is InChI=1S/C18H27N3O5S/c1-13-7-5-6-10-21(13)27(24,25)16-11-14(8-9-15(16)26-4)18(23)19-12-17(22)20(2)3/h8-9,11,13H,5-7,10,12H2,1-4H3,(H,19,23)/t13-/m1/s1. The van der Waals surface area contributed by atoms with Gasteiger partial charge in [0, 0.05) is 32.2 Å². The molecule has 1 aromatic rings. The fraction of sp³-hybridized carbons (Fsp3) is 0.556. The zero-order chi connectivity index (χ0) is 20.2. The van der Waals surface area contributed by atoms with Crippen molar-refractivity contribution in [3.63, 3.8) is 0 Å². The third-order valence-electron chi connectivity index (χ3n) is 4.65. The number of carbonyl (C=O) groups excluding carboxylic acids is 2. The van der Waals surface area contributed by atoms with E-state index in [2.05, 4.69) is 5.32 Å². The molecule has 9 heteroatoms. The Balaban J connectivity index is 2.32. The van der Waals surface area contributed by atoms with Crippen molar-refractivity contribution in [2.75, 3.05) is 34.3 Å². The second-order valence-corrected chi connectivity index (χ2v) is 8.66. The molecule has 0 aliphatic carbocycles. The van der Waals surface area contributed by atoms with Crippen molar-refractivity contribution in [2.45, 2.75) is 37.1 Å². The molecule has 2 rings (SSSR count). The quantitative estimate of drug-likeness (QED) is 0.775. The molecule has 1 N–H and O–H groups in total.